The van der Waals surface area contributed by atoms with E-state index in [1.807, 2.05) is 23.7 Å². The molecular formula is C18H15F3N4S. The third kappa shape index (κ3) is 3.61. The van der Waals surface area contributed by atoms with Gasteiger partial charge in [0.25, 0.3) is 0 Å². The number of thiophene rings is 1. The van der Waals surface area contributed by atoms with Crippen LogP contribution < -0.4 is 0 Å². The van der Waals surface area contributed by atoms with Crippen molar-refractivity contribution < 1.29 is 13.2 Å². The topological polar surface area (TPSA) is 41.9 Å². The maximum absolute atomic E-state index is 12.6. The maximum atomic E-state index is 12.6. The first-order valence-corrected chi connectivity index (χ1v) is 9.00. The summed E-state index contributed by atoms with van der Waals surface area (Å²) in [5.74, 6) is 0.719. The van der Waals surface area contributed by atoms with Gasteiger partial charge in [0, 0.05) is 32.0 Å². The Bertz CT molecular complexity index is 892. The largest absolute Gasteiger partial charge is 0.433 e. The molecule has 0 saturated heterocycles. The molecule has 134 valence electrons. The Hall–Kier alpha value is -2.32. The molecule has 4 nitrogen and oxygen atoms in total. The molecule has 0 N–H and O–H groups in total. The molecule has 0 bridgehead atoms. The van der Waals surface area contributed by atoms with Crippen LogP contribution in [0.5, 0.6) is 0 Å². The van der Waals surface area contributed by atoms with E-state index in [0.29, 0.717) is 13.1 Å². The number of halogens is 3. The zero-order valence-corrected chi connectivity index (χ0v) is 14.5. The third-order valence-electron chi connectivity index (χ3n) is 4.29. The predicted molar refractivity (Wildman–Crippen MR) is 92.4 cm³/mol. The third-order valence-corrected chi connectivity index (χ3v) is 5.15. The number of rotatable bonds is 3. The van der Waals surface area contributed by atoms with Gasteiger partial charge in [0.2, 0.25) is 0 Å². The molecule has 26 heavy (non-hydrogen) atoms. The summed E-state index contributed by atoms with van der Waals surface area (Å²) in [5.41, 5.74) is 2.01. The molecular weight excluding hydrogens is 361 g/mol. The Balaban J connectivity index is 1.48. The number of hydrogen-bond donors (Lipinski definition) is 0. The highest BCUT2D eigenvalue weighted by molar-refractivity contribution is 7.13. The summed E-state index contributed by atoms with van der Waals surface area (Å²) < 4.78 is 37.8. The first-order valence-electron chi connectivity index (χ1n) is 8.12. The van der Waals surface area contributed by atoms with Crippen LogP contribution in [-0.2, 0) is 25.7 Å². The molecule has 4 rings (SSSR count). The van der Waals surface area contributed by atoms with E-state index >= 15 is 0 Å². The summed E-state index contributed by atoms with van der Waals surface area (Å²) in [4.78, 5) is 15.8. The first kappa shape index (κ1) is 17.1. The number of hydrogen-bond acceptors (Lipinski definition) is 5. The normalized spacial score (nSPS) is 15.0. The monoisotopic (exact) mass is 376 g/mol. The molecule has 0 radical (unpaired) electrons. The van der Waals surface area contributed by atoms with Crippen LogP contribution in [0.2, 0.25) is 0 Å². The highest BCUT2D eigenvalue weighted by Gasteiger charge is 2.32. The van der Waals surface area contributed by atoms with Crippen LogP contribution in [0.25, 0.3) is 10.7 Å². The fourth-order valence-corrected chi connectivity index (χ4v) is 3.63. The minimum absolute atomic E-state index is 0.545. The standard InChI is InChI=1S/C18H15F3N4S/c19-18(20,21)16-4-3-12(8-22-16)10-25-6-5-13-9-23-17(24-14(13)11-25)15-2-1-7-26-15/h1-4,7-9H,5-6,10-11H2. The van der Waals surface area contributed by atoms with E-state index in [9.17, 15) is 13.2 Å². The van der Waals surface area contributed by atoms with E-state index in [4.69, 9.17) is 0 Å². The van der Waals surface area contributed by atoms with Crippen LogP contribution in [0.4, 0.5) is 13.2 Å². The fourth-order valence-electron chi connectivity index (χ4n) is 2.96. The van der Waals surface area contributed by atoms with Gasteiger partial charge >= 0.3 is 6.18 Å². The van der Waals surface area contributed by atoms with Gasteiger partial charge in [-0.3, -0.25) is 9.88 Å². The Morgan fingerprint density at radius 1 is 1.12 bits per heavy atom. The van der Waals surface area contributed by atoms with Crippen molar-refractivity contribution in [1.29, 1.82) is 0 Å². The lowest BCUT2D eigenvalue weighted by molar-refractivity contribution is -0.141. The van der Waals surface area contributed by atoms with E-state index < -0.39 is 11.9 Å². The summed E-state index contributed by atoms with van der Waals surface area (Å²) in [7, 11) is 0. The molecule has 0 saturated carbocycles. The van der Waals surface area contributed by atoms with Crippen LogP contribution in [0.3, 0.4) is 0 Å². The molecule has 0 fully saturated rings. The number of fused-ring (bicyclic) bond motifs is 1. The van der Waals surface area contributed by atoms with Crippen molar-refractivity contribution in [2.45, 2.75) is 25.7 Å². The highest BCUT2D eigenvalue weighted by Crippen LogP contribution is 2.28. The second-order valence-corrected chi connectivity index (χ2v) is 7.10. The number of pyridine rings is 1. The van der Waals surface area contributed by atoms with Crippen LogP contribution in [-0.4, -0.2) is 26.4 Å². The zero-order valence-electron chi connectivity index (χ0n) is 13.7. The Labute approximate surface area is 152 Å². The molecule has 0 amide bonds. The lowest BCUT2D eigenvalue weighted by Crippen LogP contribution is -2.31. The van der Waals surface area contributed by atoms with Gasteiger partial charge in [0.05, 0.1) is 10.6 Å². The summed E-state index contributed by atoms with van der Waals surface area (Å²) >= 11 is 1.59. The molecule has 0 atom stereocenters. The average Bonchev–Trinajstić information content (AvgIpc) is 3.15. The maximum Gasteiger partial charge on any atom is 0.433 e. The molecule has 1 aliphatic heterocycles. The van der Waals surface area contributed by atoms with Crippen molar-refractivity contribution in [2.24, 2.45) is 0 Å². The van der Waals surface area contributed by atoms with Crippen LogP contribution in [0.1, 0.15) is 22.5 Å². The highest BCUT2D eigenvalue weighted by atomic mass is 32.1. The second kappa shape index (κ2) is 6.77. The SMILES string of the molecule is FC(F)(F)c1ccc(CN2CCc3cnc(-c4cccs4)nc3C2)cn1. The minimum atomic E-state index is -4.41. The van der Waals surface area contributed by atoms with E-state index in [0.717, 1.165) is 46.6 Å². The van der Waals surface area contributed by atoms with Crippen molar-refractivity contribution in [3.63, 3.8) is 0 Å². The number of nitrogens with zero attached hydrogens (tertiary/aromatic N) is 4. The molecule has 0 spiro atoms. The molecule has 8 heteroatoms. The van der Waals surface area contributed by atoms with Gasteiger partial charge < -0.3 is 0 Å². The molecule has 0 aliphatic carbocycles. The van der Waals surface area contributed by atoms with Gasteiger partial charge in [-0.2, -0.15) is 13.2 Å². The van der Waals surface area contributed by atoms with E-state index in [1.54, 1.807) is 11.3 Å². The lowest BCUT2D eigenvalue weighted by atomic mass is 10.1. The zero-order chi connectivity index (χ0) is 18.1. The van der Waals surface area contributed by atoms with Crippen LogP contribution >= 0.6 is 11.3 Å². The fraction of sp³-hybridized carbons (Fsp3) is 0.278. The number of aromatic nitrogens is 3. The Morgan fingerprint density at radius 3 is 2.69 bits per heavy atom. The summed E-state index contributed by atoms with van der Waals surface area (Å²) in [5, 5.41) is 1.99. The summed E-state index contributed by atoms with van der Waals surface area (Å²) in [6, 6.07) is 6.47. The molecule has 0 unspecified atom stereocenters. The first-order chi connectivity index (χ1) is 12.5. The van der Waals surface area contributed by atoms with Crippen LogP contribution in [0.15, 0.2) is 42.0 Å². The van der Waals surface area contributed by atoms with E-state index in [2.05, 4.69) is 19.9 Å². The van der Waals surface area contributed by atoms with Crippen molar-refractivity contribution >= 4 is 11.3 Å². The van der Waals surface area contributed by atoms with Gasteiger partial charge in [0.1, 0.15) is 5.69 Å². The Kier molecular flexibility index (Phi) is 4.46. The molecule has 3 aromatic heterocycles. The molecule has 3 aromatic rings. The lowest BCUT2D eigenvalue weighted by Gasteiger charge is -2.27. The molecule has 1 aliphatic rings. The average molecular weight is 376 g/mol. The van der Waals surface area contributed by atoms with E-state index in [1.165, 1.54) is 12.3 Å². The van der Waals surface area contributed by atoms with Gasteiger partial charge in [-0.25, -0.2) is 9.97 Å². The van der Waals surface area contributed by atoms with Crippen molar-refractivity contribution in [3.8, 4) is 10.7 Å². The van der Waals surface area contributed by atoms with Gasteiger partial charge in [0.15, 0.2) is 5.82 Å². The predicted octanol–water partition coefficient (Wildman–Crippen LogP) is 4.18. The summed E-state index contributed by atoms with van der Waals surface area (Å²) in [6.45, 7) is 2.01. The van der Waals surface area contributed by atoms with Crippen molar-refractivity contribution in [3.05, 3.63) is 64.6 Å². The van der Waals surface area contributed by atoms with Crippen molar-refractivity contribution in [2.75, 3.05) is 6.54 Å². The minimum Gasteiger partial charge on any atom is -0.293 e. The second-order valence-electron chi connectivity index (χ2n) is 6.15. The van der Waals surface area contributed by atoms with Gasteiger partial charge in [-0.15, -0.1) is 11.3 Å². The molecule has 4 heterocycles. The quantitative estimate of drug-likeness (QED) is 0.688. The van der Waals surface area contributed by atoms with Gasteiger partial charge in [-0.1, -0.05) is 12.1 Å². The summed E-state index contributed by atoms with van der Waals surface area (Å²) in [6.07, 6.45) is -0.393. The van der Waals surface area contributed by atoms with Crippen molar-refractivity contribution in [1.82, 2.24) is 19.9 Å². The number of alkyl halides is 3. The van der Waals surface area contributed by atoms with Crippen LogP contribution in [0, 0.1) is 0 Å². The van der Waals surface area contributed by atoms with E-state index in [-0.39, 0.29) is 0 Å². The smallest absolute Gasteiger partial charge is 0.293 e. The Morgan fingerprint density at radius 2 is 2.00 bits per heavy atom. The van der Waals surface area contributed by atoms with Gasteiger partial charge in [-0.05, 0) is 35.1 Å². The molecule has 0 aromatic carbocycles.